The van der Waals surface area contributed by atoms with E-state index in [9.17, 15) is 8.42 Å². The lowest BCUT2D eigenvalue weighted by Crippen LogP contribution is -2.42. The normalized spacial score (nSPS) is 26.0. The van der Waals surface area contributed by atoms with Crippen LogP contribution in [0.15, 0.2) is 17.0 Å². The highest BCUT2D eigenvalue weighted by Crippen LogP contribution is 2.38. The number of rotatable bonds is 3. The number of benzene rings is 1. The minimum absolute atomic E-state index is 0.0582. The lowest BCUT2D eigenvalue weighted by molar-refractivity contribution is 0.330. The zero-order chi connectivity index (χ0) is 15.9. The highest BCUT2D eigenvalue weighted by molar-refractivity contribution is 7.89. The van der Waals surface area contributed by atoms with Gasteiger partial charge in [0, 0.05) is 18.6 Å². The zero-order valence-electron chi connectivity index (χ0n) is 13.4. The molecule has 2 fully saturated rings. The maximum Gasteiger partial charge on any atom is 0.247 e. The number of hydrogen-bond donors (Lipinski definition) is 1. The third-order valence-corrected chi connectivity index (χ3v) is 6.92. The van der Waals surface area contributed by atoms with Crippen LogP contribution in [0, 0.1) is 13.8 Å². The minimum Gasteiger partial charge on any atom is -0.495 e. The molecule has 1 N–H and O–H groups in total. The van der Waals surface area contributed by atoms with Gasteiger partial charge >= 0.3 is 0 Å². The van der Waals surface area contributed by atoms with Gasteiger partial charge in [-0.1, -0.05) is 6.07 Å². The van der Waals surface area contributed by atoms with Crippen molar-refractivity contribution in [3.05, 3.63) is 23.3 Å². The SMILES string of the molecule is COc1cc(C)cc(C)c1S(=O)(=O)N1C2CCNCC1CC2. The molecular weight excluding hydrogens is 300 g/mol. The van der Waals surface area contributed by atoms with Gasteiger partial charge in [0.15, 0.2) is 0 Å². The van der Waals surface area contributed by atoms with Crippen LogP contribution in [0.5, 0.6) is 5.75 Å². The molecule has 2 unspecified atom stereocenters. The van der Waals surface area contributed by atoms with E-state index in [4.69, 9.17) is 4.74 Å². The van der Waals surface area contributed by atoms with E-state index in [2.05, 4.69) is 5.32 Å². The van der Waals surface area contributed by atoms with Gasteiger partial charge in [-0.15, -0.1) is 0 Å². The summed E-state index contributed by atoms with van der Waals surface area (Å²) in [6, 6.07) is 3.88. The molecule has 5 nitrogen and oxygen atoms in total. The van der Waals surface area contributed by atoms with E-state index in [1.54, 1.807) is 10.4 Å². The Balaban J connectivity index is 2.11. The van der Waals surface area contributed by atoms with Crippen molar-refractivity contribution in [2.24, 2.45) is 0 Å². The van der Waals surface area contributed by atoms with Crippen molar-refractivity contribution < 1.29 is 13.2 Å². The maximum absolute atomic E-state index is 13.3. The summed E-state index contributed by atoms with van der Waals surface area (Å²) in [6.45, 7) is 5.42. The van der Waals surface area contributed by atoms with Gasteiger partial charge in [0.05, 0.1) is 7.11 Å². The molecule has 0 aromatic heterocycles. The highest BCUT2D eigenvalue weighted by atomic mass is 32.2. The molecular formula is C16H24N2O3S. The molecule has 1 aromatic rings. The maximum atomic E-state index is 13.3. The second kappa shape index (κ2) is 5.83. The Morgan fingerprint density at radius 1 is 1.18 bits per heavy atom. The predicted octanol–water partition coefficient (Wildman–Crippen LogP) is 1.83. The van der Waals surface area contributed by atoms with Crippen molar-refractivity contribution in [3.8, 4) is 5.75 Å². The van der Waals surface area contributed by atoms with E-state index in [1.807, 2.05) is 19.9 Å². The van der Waals surface area contributed by atoms with Crippen molar-refractivity contribution in [1.82, 2.24) is 9.62 Å². The Labute approximate surface area is 132 Å². The Kier molecular flexibility index (Phi) is 4.18. The number of ether oxygens (including phenoxy) is 1. The van der Waals surface area contributed by atoms with Crippen LogP contribution in [0.25, 0.3) is 0 Å². The summed E-state index contributed by atoms with van der Waals surface area (Å²) in [7, 11) is -2.01. The smallest absolute Gasteiger partial charge is 0.247 e. The summed E-state index contributed by atoms with van der Waals surface area (Å²) in [5.41, 5.74) is 1.77. The van der Waals surface area contributed by atoms with Crippen LogP contribution in [0.4, 0.5) is 0 Å². The van der Waals surface area contributed by atoms with Crippen LogP contribution in [0.1, 0.15) is 30.4 Å². The van der Waals surface area contributed by atoms with Crippen molar-refractivity contribution in [2.75, 3.05) is 20.2 Å². The molecule has 2 saturated heterocycles. The molecule has 2 atom stereocenters. The summed E-state index contributed by atoms with van der Waals surface area (Å²) < 4.78 is 33.8. The fourth-order valence-electron chi connectivity index (χ4n) is 3.83. The summed E-state index contributed by atoms with van der Waals surface area (Å²) in [6.07, 6.45) is 2.77. The zero-order valence-corrected chi connectivity index (χ0v) is 14.2. The molecule has 0 amide bonds. The molecule has 2 heterocycles. The fraction of sp³-hybridized carbons (Fsp3) is 0.625. The predicted molar refractivity (Wildman–Crippen MR) is 85.8 cm³/mol. The first-order chi connectivity index (χ1) is 10.4. The van der Waals surface area contributed by atoms with Crippen molar-refractivity contribution in [3.63, 3.8) is 0 Å². The van der Waals surface area contributed by atoms with E-state index in [1.165, 1.54) is 7.11 Å². The van der Waals surface area contributed by atoms with Crippen LogP contribution in [-0.2, 0) is 10.0 Å². The van der Waals surface area contributed by atoms with Gasteiger partial charge in [0.25, 0.3) is 0 Å². The molecule has 1 aromatic carbocycles. The number of hydrogen-bond acceptors (Lipinski definition) is 4. The van der Waals surface area contributed by atoms with E-state index < -0.39 is 10.0 Å². The summed E-state index contributed by atoms with van der Waals surface area (Å²) in [5, 5.41) is 3.35. The van der Waals surface area contributed by atoms with Gasteiger partial charge in [0.1, 0.15) is 10.6 Å². The standard InChI is InChI=1S/C16H24N2O3S/c1-11-8-12(2)16(15(9-11)21-3)22(19,20)18-13-4-5-14(18)10-17-7-6-13/h8-9,13-14,17H,4-7,10H2,1-3H3. The van der Waals surface area contributed by atoms with Gasteiger partial charge in [-0.2, -0.15) is 4.31 Å². The van der Waals surface area contributed by atoms with E-state index in [-0.39, 0.29) is 12.1 Å². The van der Waals surface area contributed by atoms with Crippen molar-refractivity contribution in [1.29, 1.82) is 0 Å². The molecule has 22 heavy (non-hydrogen) atoms. The van der Waals surface area contributed by atoms with Crippen molar-refractivity contribution >= 4 is 10.0 Å². The van der Waals surface area contributed by atoms with E-state index in [0.29, 0.717) is 10.6 Å². The first-order valence-electron chi connectivity index (χ1n) is 7.84. The molecule has 122 valence electrons. The number of aryl methyl sites for hydroxylation is 2. The van der Waals surface area contributed by atoms with Crippen LogP contribution in [0.3, 0.4) is 0 Å². The molecule has 0 spiro atoms. The van der Waals surface area contributed by atoms with Gasteiger partial charge < -0.3 is 10.1 Å². The van der Waals surface area contributed by atoms with Crippen LogP contribution in [-0.4, -0.2) is 45.0 Å². The molecule has 0 radical (unpaired) electrons. The fourth-order valence-corrected chi connectivity index (χ4v) is 6.08. The van der Waals surface area contributed by atoms with Gasteiger partial charge in [-0.3, -0.25) is 0 Å². The topological polar surface area (TPSA) is 58.6 Å². The minimum atomic E-state index is -3.54. The number of nitrogens with one attached hydrogen (secondary N) is 1. The molecule has 0 aliphatic carbocycles. The van der Waals surface area contributed by atoms with E-state index >= 15 is 0 Å². The van der Waals surface area contributed by atoms with Crippen LogP contribution >= 0.6 is 0 Å². The third-order valence-electron chi connectivity index (χ3n) is 4.73. The quantitative estimate of drug-likeness (QED) is 0.921. The van der Waals surface area contributed by atoms with Crippen LogP contribution < -0.4 is 10.1 Å². The summed E-state index contributed by atoms with van der Waals surface area (Å²) >= 11 is 0. The second-order valence-electron chi connectivity index (χ2n) is 6.33. The van der Waals surface area contributed by atoms with Gasteiger partial charge in [0.2, 0.25) is 10.0 Å². The highest BCUT2D eigenvalue weighted by Gasteiger charge is 2.44. The number of methoxy groups -OCH3 is 1. The molecule has 2 bridgehead atoms. The number of sulfonamides is 1. The number of fused-ring (bicyclic) bond motifs is 2. The molecule has 0 saturated carbocycles. The largest absolute Gasteiger partial charge is 0.495 e. The average molecular weight is 324 g/mol. The molecule has 3 rings (SSSR count). The van der Waals surface area contributed by atoms with E-state index in [0.717, 1.165) is 43.5 Å². The Morgan fingerprint density at radius 3 is 2.64 bits per heavy atom. The lowest BCUT2D eigenvalue weighted by Gasteiger charge is -2.28. The molecule has 2 aliphatic rings. The first kappa shape index (κ1) is 15.8. The molecule has 6 heteroatoms. The van der Waals surface area contributed by atoms with Crippen molar-refractivity contribution in [2.45, 2.75) is 50.1 Å². The summed E-state index contributed by atoms with van der Waals surface area (Å²) in [5.74, 6) is 0.453. The number of nitrogens with zero attached hydrogens (tertiary/aromatic N) is 1. The average Bonchev–Trinajstić information content (AvgIpc) is 2.71. The summed E-state index contributed by atoms with van der Waals surface area (Å²) in [4.78, 5) is 0.333. The lowest BCUT2D eigenvalue weighted by atomic mass is 10.1. The monoisotopic (exact) mass is 324 g/mol. The second-order valence-corrected chi connectivity index (χ2v) is 8.11. The van der Waals surface area contributed by atoms with Gasteiger partial charge in [-0.05, 0) is 56.8 Å². The third kappa shape index (κ3) is 2.53. The Hall–Kier alpha value is -1.11. The Morgan fingerprint density at radius 2 is 1.91 bits per heavy atom. The van der Waals surface area contributed by atoms with Crippen LogP contribution in [0.2, 0.25) is 0 Å². The van der Waals surface area contributed by atoms with Gasteiger partial charge in [-0.25, -0.2) is 8.42 Å². The first-order valence-corrected chi connectivity index (χ1v) is 9.28. The molecule has 2 aliphatic heterocycles. The Bertz CT molecular complexity index is 658.